The van der Waals surface area contributed by atoms with E-state index in [-0.39, 0.29) is 13.2 Å². The van der Waals surface area contributed by atoms with Gasteiger partial charge in [0.1, 0.15) is 12.2 Å². The number of ether oxygens (including phenoxy) is 5. The first kappa shape index (κ1) is 26.7. The smallest absolute Gasteiger partial charge is 0.360 e. The Kier molecular flexibility index (Phi) is 9.59. The topological polar surface area (TPSA) is 80.3 Å². The normalized spacial score (nSPS) is 24.9. The maximum Gasteiger partial charge on any atom is 0.360 e. The largest absolute Gasteiger partial charge is 0.453 e. The summed E-state index contributed by atoms with van der Waals surface area (Å²) in [5, 5.41) is 0. The fraction of sp³-hybridized carbons (Fsp3) is 0.417. The van der Waals surface area contributed by atoms with E-state index < -0.39 is 46.4 Å². The van der Waals surface area contributed by atoms with Crippen LogP contribution in [0.5, 0.6) is 0 Å². The molecular formula is C24H25Cl3O7. The maximum absolute atomic E-state index is 12.2. The SMILES string of the molecule is CC(=O)O[C@@H]1C(OC(=O)C(Cl)(Cl)Cl)O[C@H](C)[C@@H](OCc2ccccc2)[C@@H]1OCc1ccccc1. The first-order valence-electron chi connectivity index (χ1n) is 10.6. The second-order valence-corrected chi connectivity index (χ2v) is 9.99. The minimum absolute atomic E-state index is 0.187. The summed E-state index contributed by atoms with van der Waals surface area (Å²) in [6.45, 7) is 3.40. The van der Waals surface area contributed by atoms with Crippen molar-refractivity contribution in [1.29, 1.82) is 0 Å². The highest BCUT2D eigenvalue weighted by Crippen LogP contribution is 2.33. The molecule has 0 aromatic heterocycles. The molecule has 0 aliphatic carbocycles. The predicted molar refractivity (Wildman–Crippen MR) is 126 cm³/mol. The summed E-state index contributed by atoms with van der Waals surface area (Å²) in [5.74, 6) is -1.80. The molecule has 1 saturated heterocycles. The van der Waals surface area contributed by atoms with Gasteiger partial charge in [-0.1, -0.05) is 95.5 Å². The third-order valence-corrected chi connectivity index (χ3v) is 5.52. The van der Waals surface area contributed by atoms with Crippen LogP contribution in [0.2, 0.25) is 0 Å². The van der Waals surface area contributed by atoms with Crippen LogP contribution in [0.25, 0.3) is 0 Å². The van der Waals surface area contributed by atoms with Crippen LogP contribution in [0.3, 0.4) is 0 Å². The average Bonchev–Trinajstić information content (AvgIpc) is 2.79. The molecule has 10 heteroatoms. The van der Waals surface area contributed by atoms with Gasteiger partial charge in [0.05, 0.1) is 19.3 Å². The Morgan fingerprint density at radius 1 is 0.824 bits per heavy atom. The summed E-state index contributed by atoms with van der Waals surface area (Å²) < 4.78 is 26.6. The summed E-state index contributed by atoms with van der Waals surface area (Å²) in [7, 11) is 0. The highest BCUT2D eigenvalue weighted by molar-refractivity contribution is 6.75. The number of hydrogen-bond acceptors (Lipinski definition) is 7. The Bertz CT molecular complexity index is 937. The molecule has 34 heavy (non-hydrogen) atoms. The molecule has 0 spiro atoms. The van der Waals surface area contributed by atoms with E-state index in [2.05, 4.69) is 0 Å². The highest BCUT2D eigenvalue weighted by Gasteiger charge is 2.51. The molecule has 184 valence electrons. The monoisotopic (exact) mass is 530 g/mol. The molecule has 3 rings (SSSR count). The van der Waals surface area contributed by atoms with E-state index in [4.69, 9.17) is 58.5 Å². The average molecular weight is 532 g/mol. The third-order valence-electron chi connectivity index (χ3n) is 5.05. The van der Waals surface area contributed by atoms with Gasteiger partial charge in [-0.05, 0) is 18.1 Å². The van der Waals surface area contributed by atoms with Gasteiger partial charge in [-0.25, -0.2) is 4.79 Å². The van der Waals surface area contributed by atoms with Gasteiger partial charge in [-0.2, -0.15) is 0 Å². The lowest BCUT2D eigenvalue weighted by atomic mass is 9.98. The molecule has 2 aromatic rings. The molecule has 0 N–H and O–H groups in total. The van der Waals surface area contributed by atoms with Gasteiger partial charge in [0.25, 0.3) is 3.79 Å². The lowest BCUT2D eigenvalue weighted by Crippen LogP contribution is -2.61. The van der Waals surface area contributed by atoms with Crippen LogP contribution in [0.1, 0.15) is 25.0 Å². The van der Waals surface area contributed by atoms with Crippen molar-refractivity contribution in [3.8, 4) is 0 Å². The number of benzene rings is 2. The molecular weight excluding hydrogens is 507 g/mol. The Hall–Kier alpha value is -1.87. The van der Waals surface area contributed by atoms with Crippen LogP contribution in [-0.4, -0.2) is 46.4 Å². The second-order valence-electron chi connectivity index (χ2n) is 7.71. The van der Waals surface area contributed by atoms with Crippen LogP contribution >= 0.6 is 34.8 Å². The van der Waals surface area contributed by atoms with E-state index >= 15 is 0 Å². The molecule has 0 saturated carbocycles. The number of esters is 2. The molecule has 1 fully saturated rings. The first-order chi connectivity index (χ1) is 16.1. The Balaban J connectivity index is 1.86. The second kappa shape index (κ2) is 12.2. The molecule has 5 atom stereocenters. The number of alkyl halides is 3. The number of hydrogen-bond donors (Lipinski definition) is 0. The summed E-state index contributed by atoms with van der Waals surface area (Å²) in [5.41, 5.74) is 1.82. The van der Waals surface area contributed by atoms with E-state index in [1.54, 1.807) is 6.92 Å². The van der Waals surface area contributed by atoms with Gasteiger partial charge in [0, 0.05) is 6.92 Å². The fourth-order valence-electron chi connectivity index (χ4n) is 3.51. The Morgan fingerprint density at radius 2 is 1.32 bits per heavy atom. The number of carbonyl (C=O) groups is 2. The molecule has 0 amide bonds. The van der Waals surface area contributed by atoms with Gasteiger partial charge in [0.15, 0.2) is 6.10 Å². The van der Waals surface area contributed by atoms with Crippen molar-refractivity contribution < 1.29 is 33.3 Å². The first-order valence-corrected chi connectivity index (χ1v) is 11.7. The van der Waals surface area contributed by atoms with E-state index in [9.17, 15) is 9.59 Å². The zero-order chi connectivity index (χ0) is 24.7. The fourth-order valence-corrected chi connectivity index (χ4v) is 3.64. The summed E-state index contributed by atoms with van der Waals surface area (Å²) in [4.78, 5) is 24.2. The molecule has 1 unspecified atom stereocenters. The zero-order valence-corrected chi connectivity index (χ0v) is 20.8. The lowest BCUT2D eigenvalue weighted by molar-refractivity contribution is -0.304. The van der Waals surface area contributed by atoms with Crippen LogP contribution in [-0.2, 0) is 46.5 Å². The van der Waals surface area contributed by atoms with Crippen LogP contribution in [0.4, 0.5) is 0 Å². The van der Waals surface area contributed by atoms with Crippen LogP contribution in [0, 0.1) is 0 Å². The van der Waals surface area contributed by atoms with Gasteiger partial charge in [-0.15, -0.1) is 0 Å². The van der Waals surface area contributed by atoms with Gasteiger partial charge < -0.3 is 23.7 Å². The van der Waals surface area contributed by atoms with Gasteiger partial charge >= 0.3 is 11.9 Å². The third kappa shape index (κ3) is 7.57. The lowest BCUT2D eigenvalue weighted by Gasteiger charge is -2.44. The Labute approximate surface area is 213 Å². The van der Waals surface area contributed by atoms with E-state index in [0.29, 0.717) is 0 Å². The highest BCUT2D eigenvalue weighted by atomic mass is 35.6. The van der Waals surface area contributed by atoms with Crippen molar-refractivity contribution in [3.63, 3.8) is 0 Å². The molecule has 0 bridgehead atoms. The number of rotatable bonds is 8. The minimum atomic E-state index is -2.34. The van der Waals surface area contributed by atoms with Crippen molar-refractivity contribution in [2.24, 2.45) is 0 Å². The van der Waals surface area contributed by atoms with Gasteiger partial charge in [-0.3, -0.25) is 4.79 Å². The maximum atomic E-state index is 12.2. The Morgan fingerprint density at radius 3 is 1.79 bits per heavy atom. The van der Waals surface area contributed by atoms with E-state index in [1.807, 2.05) is 60.7 Å². The van der Waals surface area contributed by atoms with Crippen molar-refractivity contribution in [3.05, 3.63) is 71.8 Å². The molecule has 1 aliphatic heterocycles. The minimum Gasteiger partial charge on any atom is -0.453 e. The van der Waals surface area contributed by atoms with Gasteiger partial charge in [0.2, 0.25) is 6.29 Å². The van der Waals surface area contributed by atoms with E-state index in [1.165, 1.54) is 6.92 Å². The quantitative estimate of drug-likeness (QED) is 0.359. The summed E-state index contributed by atoms with van der Waals surface area (Å²) in [6, 6.07) is 19.0. The van der Waals surface area contributed by atoms with Crippen molar-refractivity contribution >= 4 is 46.7 Å². The predicted octanol–water partition coefficient (Wildman–Crippen LogP) is 4.75. The molecule has 2 aromatic carbocycles. The van der Waals surface area contributed by atoms with E-state index in [0.717, 1.165) is 11.1 Å². The zero-order valence-electron chi connectivity index (χ0n) is 18.6. The van der Waals surface area contributed by atoms with Crippen LogP contribution in [0.15, 0.2) is 60.7 Å². The van der Waals surface area contributed by atoms with Crippen LogP contribution < -0.4 is 0 Å². The molecule has 7 nitrogen and oxygen atoms in total. The molecule has 1 heterocycles. The summed E-state index contributed by atoms with van der Waals surface area (Å²) >= 11 is 17.0. The molecule has 1 aliphatic rings. The van der Waals surface area contributed by atoms with Crippen molar-refractivity contribution in [1.82, 2.24) is 0 Å². The molecule has 0 radical (unpaired) electrons. The number of halogens is 3. The summed E-state index contributed by atoms with van der Waals surface area (Å²) in [6.07, 6.45) is -4.70. The number of carbonyl (C=O) groups excluding carboxylic acids is 2. The standard InChI is InChI=1S/C24H25Cl3O7/c1-15-19(30-13-17-9-5-3-6-10-17)20(31-14-18-11-7-4-8-12-18)21(33-16(2)28)22(32-15)34-23(29)24(25,26)27/h3-12,15,19-22H,13-14H2,1-2H3/t15-,19-,20+,21+,22?/m1/s1. The van der Waals surface area contributed by atoms with Crippen molar-refractivity contribution in [2.75, 3.05) is 0 Å². The van der Waals surface area contributed by atoms with Crippen molar-refractivity contribution in [2.45, 2.75) is 61.6 Å².